The van der Waals surface area contributed by atoms with Crippen molar-refractivity contribution in [3.8, 4) is 0 Å². The number of allylic oxidation sites excluding steroid dienone is 1. The zero-order valence-electron chi connectivity index (χ0n) is 5.68. The molecule has 0 rings (SSSR count). The van der Waals surface area contributed by atoms with Crippen molar-refractivity contribution in [3.63, 3.8) is 0 Å². The molecule has 8 heavy (non-hydrogen) atoms. The molecule has 0 fully saturated rings. The molecular formula is C7H14O. The minimum Gasteiger partial charge on any atom is -0.303 e. The van der Waals surface area contributed by atoms with E-state index in [1.807, 2.05) is 13.8 Å². The molecule has 0 radical (unpaired) electrons. The molecule has 0 amide bonds. The number of unbranched alkanes of at least 4 members (excludes halogenated alkanes) is 1. The molecule has 0 spiro atoms. The summed E-state index contributed by atoms with van der Waals surface area (Å²) in [5.74, 6) is 0. The Bertz CT molecular complexity index is 48.3. The van der Waals surface area contributed by atoms with Gasteiger partial charge >= 0.3 is 0 Å². The van der Waals surface area contributed by atoms with Gasteiger partial charge in [-0.15, -0.1) is 6.58 Å². The van der Waals surface area contributed by atoms with Gasteiger partial charge in [-0.25, -0.2) is 0 Å². The van der Waals surface area contributed by atoms with Gasteiger partial charge in [-0.3, -0.25) is 0 Å². The number of hydrogen-bond acceptors (Lipinski definition) is 1. The molecule has 1 nitrogen and oxygen atoms in total. The molecule has 1 heteroatoms. The van der Waals surface area contributed by atoms with Crippen LogP contribution in [0.4, 0.5) is 0 Å². The minimum absolute atomic E-state index is 0.708. The Morgan fingerprint density at radius 3 is 2.00 bits per heavy atom. The highest BCUT2D eigenvalue weighted by molar-refractivity contribution is 5.48. The highest BCUT2D eigenvalue weighted by atomic mass is 16.1. The Balaban J connectivity index is 0. The molecule has 0 aliphatic heterocycles. The second kappa shape index (κ2) is 16.1. The maximum atomic E-state index is 9.40. The van der Waals surface area contributed by atoms with Crippen LogP contribution in [-0.4, -0.2) is 6.29 Å². The lowest BCUT2D eigenvalue weighted by molar-refractivity contribution is -0.107. The standard InChI is InChI=1S/C4H8O.C3H6/c1-2-3-4-5;1-3-2/h4H,2-3H2,1H3;3H,1H2,2H3. The molecule has 0 aliphatic carbocycles. The molecule has 0 aromatic rings. The van der Waals surface area contributed by atoms with E-state index in [2.05, 4.69) is 6.58 Å². The van der Waals surface area contributed by atoms with Crippen LogP contribution in [0.2, 0.25) is 0 Å². The molecular weight excluding hydrogens is 100 g/mol. The molecule has 48 valence electrons. The first kappa shape index (κ1) is 10.4. The normalized spacial score (nSPS) is 6.25. The lowest BCUT2D eigenvalue weighted by atomic mass is 10.4. The fraction of sp³-hybridized carbons (Fsp3) is 0.571. The molecule has 0 saturated carbocycles. The molecule has 0 atom stereocenters. The highest BCUT2D eigenvalue weighted by Crippen LogP contribution is 1.74. The second-order valence-electron chi connectivity index (χ2n) is 1.36. The molecule has 0 aliphatic rings. The summed E-state index contributed by atoms with van der Waals surface area (Å²) in [5, 5.41) is 0. The van der Waals surface area contributed by atoms with E-state index in [0.717, 1.165) is 12.7 Å². The lowest BCUT2D eigenvalue weighted by Gasteiger charge is -1.68. The van der Waals surface area contributed by atoms with Crippen LogP contribution in [0.15, 0.2) is 12.7 Å². The third-order valence-electron chi connectivity index (χ3n) is 0.407. The van der Waals surface area contributed by atoms with Crippen LogP contribution in [0, 0.1) is 0 Å². The van der Waals surface area contributed by atoms with Gasteiger partial charge in [0.1, 0.15) is 6.29 Å². The van der Waals surface area contributed by atoms with Gasteiger partial charge in [-0.1, -0.05) is 13.0 Å². The quantitative estimate of drug-likeness (QED) is 0.397. The maximum absolute atomic E-state index is 9.40. The molecule has 0 unspecified atom stereocenters. The SMILES string of the molecule is C=CC.CCCC=O. The third-order valence-corrected chi connectivity index (χ3v) is 0.407. The van der Waals surface area contributed by atoms with Crippen molar-refractivity contribution in [2.45, 2.75) is 26.7 Å². The Hall–Kier alpha value is -0.590. The minimum atomic E-state index is 0.708. The van der Waals surface area contributed by atoms with Crippen molar-refractivity contribution in [2.75, 3.05) is 0 Å². The van der Waals surface area contributed by atoms with Crippen molar-refractivity contribution in [1.29, 1.82) is 0 Å². The molecule has 0 bridgehead atoms. The van der Waals surface area contributed by atoms with Gasteiger partial charge in [0, 0.05) is 6.42 Å². The number of rotatable bonds is 2. The molecule has 0 aromatic heterocycles. The van der Waals surface area contributed by atoms with Gasteiger partial charge in [0.15, 0.2) is 0 Å². The fourth-order valence-electron chi connectivity index (χ4n) is 0.118. The van der Waals surface area contributed by atoms with Crippen molar-refractivity contribution in [1.82, 2.24) is 0 Å². The first-order valence-corrected chi connectivity index (χ1v) is 2.84. The topological polar surface area (TPSA) is 17.1 Å². The Morgan fingerprint density at radius 2 is 2.00 bits per heavy atom. The van der Waals surface area contributed by atoms with E-state index in [4.69, 9.17) is 0 Å². The van der Waals surface area contributed by atoms with Crippen LogP contribution in [-0.2, 0) is 4.79 Å². The summed E-state index contributed by atoms with van der Waals surface area (Å²) in [7, 11) is 0. The zero-order valence-corrected chi connectivity index (χ0v) is 5.68. The van der Waals surface area contributed by atoms with E-state index in [-0.39, 0.29) is 0 Å². The van der Waals surface area contributed by atoms with Gasteiger partial charge < -0.3 is 4.79 Å². The lowest BCUT2D eigenvalue weighted by Crippen LogP contribution is -1.64. The summed E-state index contributed by atoms with van der Waals surface area (Å²) >= 11 is 0. The fourth-order valence-corrected chi connectivity index (χ4v) is 0.118. The second-order valence-corrected chi connectivity index (χ2v) is 1.36. The van der Waals surface area contributed by atoms with E-state index in [0.29, 0.717) is 6.42 Å². The summed E-state index contributed by atoms with van der Waals surface area (Å²) in [4.78, 5) is 9.40. The Labute approximate surface area is 51.4 Å². The van der Waals surface area contributed by atoms with E-state index in [1.165, 1.54) is 0 Å². The largest absolute Gasteiger partial charge is 0.303 e. The van der Waals surface area contributed by atoms with Crippen LogP contribution in [0.3, 0.4) is 0 Å². The van der Waals surface area contributed by atoms with Gasteiger partial charge in [-0.05, 0) is 13.3 Å². The average molecular weight is 114 g/mol. The van der Waals surface area contributed by atoms with Crippen molar-refractivity contribution >= 4 is 6.29 Å². The number of hydrogen-bond donors (Lipinski definition) is 0. The van der Waals surface area contributed by atoms with Gasteiger partial charge in [0.05, 0.1) is 0 Å². The summed E-state index contributed by atoms with van der Waals surface area (Å²) in [6, 6.07) is 0. The van der Waals surface area contributed by atoms with E-state index in [1.54, 1.807) is 6.08 Å². The summed E-state index contributed by atoms with van der Waals surface area (Å²) in [6.45, 7) is 7.23. The molecule has 0 saturated heterocycles. The van der Waals surface area contributed by atoms with Crippen molar-refractivity contribution < 1.29 is 4.79 Å². The summed E-state index contributed by atoms with van der Waals surface area (Å²) in [5.41, 5.74) is 0. The van der Waals surface area contributed by atoms with Crippen LogP contribution >= 0.6 is 0 Å². The van der Waals surface area contributed by atoms with Crippen molar-refractivity contribution in [3.05, 3.63) is 12.7 Å². The first-order chi connectivity index (χ1) is 3.83. The maximum Gasteiger partial charge on any atom is 0.119 e. The third kappa shape index (κ3) is 52.9. The van der Waals surface area contributed by atoms with Crippen LogP contribution in [0.5, 0.6) is 0 Å². The molecule has 0 heterocycles. The average Bonchev–Trinajstić information content (AvgIpc) is 1.71. The van der Waals surface area contributed by atoms with Crippen molar-refractivity contribution in [2.24, 2.45) is 0 Å². The molecule has 0 N–H and O–H groups in total. The number of aldehydes is 1. The summed E-state index contributed by atoms with van der Waals surface area (Å²) in [6.07, 6.45) is 4.36. The smallest absolute Gasteiger partial charge is 0.119 e. The van der Waals surface area contributed by atoms with Crippen LogP contribution < -0.4 is 0 Å². The predicted octanol–water partition coefficient (Wildman–Crippen LogP) is 2.18. The van der Waals surface area contributed by atoms with Gasteiger partial charge in [-0.2, -0.15) is 0 Å². The number of carbonyl (C=O) groups excluding carboxylic acids is 1. The monoisotopic (exact) mass is 114 g/mol. The molecule has 0 aromatic carbocycles. The summed E-state index contributed by atoms with van der Waals surface area (Å²) < 4.78 is 0. The van der Waals surface area contributed by atoms with Gasteiger partial charge in [0.2, 0.25) is 0 Å². The highest BCUT2D eigenvalue weighted by Gasteiger charge is 1.66. The Kier molecular flexibility index (Phi) is 21.0. The zero-order chi connectivity index (χ0) is 6.83. The predicted molar refractivity (Wildman–Crippen MR) is 36.8 cm³/mol. The van der Waals surface area contributed by atoms with Crippen LogP contribution in [0.1, 0.15) is 26.7 Å². The first-order valence-electron chi connectivity index (χ1n) is 2.84. The Morgan fingerprint density at radius 1 is 1.62 bits per heavy atom. The van der Waals surface area contributed by atoms with Gasteiger partial charge in [0.25, 0.3) is 0 Å². The van der Waals surface area contributed by atoms with E-state index < -0.39 is 0 Å². The van der Waals surface area contributed by atoms with E-state index in [9.17, 15) is 4.79 Å². The van der Waals surface area contributed by atoms with E-state index >= 15 is 0 Å². The van der Waals surface area contributed by atoms with Crippen LogP contribution in [0.25, 0.3) is 0 Å². The number of carbonyl (C=O) groups is 1.